The number of nitrogens with one attached hydrogen (secondary N) is 1. The first-order valence-electron chi connectivity index (χ1n) is 9.07. The van der Waals surface area contributed by atoms with Gasteiger partial charge in [-0.25, -0.2) is 4.79 Å². The molecule has 5 nitrogen and oxygen atoms in total. The van der Waals surface area contributed by atoms with E-state index in [0.717, 1.165) is 12.8 Å². The van der Waals surface area contributed by atoms with Crippen molar-refractivity contribution in [1.82, 2.24) is 10.2 Å². The molecule has 1 aromatic carbocycles. The van der Waals surface area contributed by atoms with Crippen LogP contribution in [0.3, 0.4) is 0 Å². The number of amides is 2. The topological polar surface area (TPSA) is 58.6 Å². The van der Waals surface area contributed by atoms with E-state index in [0.29, 0.717) is 12.8 Å². The van der Waals surface area contributed by atoms with E-state index in [9.17, 15) is 22.8 Å². The van der Waals surface area contributed by atoms with Crippen molar-refractivity contribution in [1.29, 1.82) is 0 Å². The lowest BCUT2D eigenvalue weighted by atomic mass is 9.95. The van der Waals surface area contributed by atoms with Crippen LogP contribution in [0.1, 0.15) is 31.7 Å². The SMILES string of the molecule is CC(CCc1ccccc1)NC(=O)C1CCN(C(=O)OCC(F)(F)F)CC1. The summed E-state index contributed by atoms with van der Waals surface area (Å²) in [7, 11) is 0. The Hall–Kier alpha value is -2.25. The zero-order chi connectivity index (χ0) is 19.9. The average molecular weight is 386 g/mol. The van der Waals surface area contributed by atoms with E-state index in [-0.39, 0.29) is 31.0 Å². The van der Waals surface area contributed by atoms with Gasteiger partial charge in [0.25, 0.3) is 0 Å². The van der Waals surface area contributed by atoms with Gasteiger partial charge in [0, 0.05) is 25.0 Å². The lowest BCUT2D eigenvalue weighted by molar-refractivity contribution is -0.162. The van der Waals surface area contributed by atoms with E-state index in [4.69, 9.17) is 0 Å². The predicted molar refractivity (Wildman–Crippen MR) is 94.1 cm³/mol. The molecule has 1 N–H and O–H groups in total. The first-order chi connectivity index (χ1) is 12.7. The van der Waals surface area contributed by atoms with E-state index in [2.05, 4.69) is 10.1 Å². The smallest absolute Gasteiger partial charge is 0.422 e. The van der Waals surface area contributed by atoms with Gasteiger partial charge in [-0.05, 0) is 38.2 Å². The second-order valence-electron chi connectivity index (χ2n) is 6.86. The predicted octanol–water partition coefficient (Wildman–Crippen LogP) is 3.53. The molecule has 1 saturated heterocycles. The molecule has 1 aromatic rings. The number of likely N-dealkylation sites (tertiary alicyclic amines) is 1. The number of nitrogens with zero attached hydrogens (tertiary/aromatic N) is 1. The van der Waals surface area contributed by atoms with Crippen LogP contribution in [0.15, 0.2) is 30.3 Å². The number of ether oxygens (including phenoxy) is 1. The highest BCUT2D eigenvalue weighted by atomic mass is 19.4. The number of hydrogen-bond acceptors (Lipinski definition) is 3. The van der Waals surface area contributed by atoms with Crippen molar-refractivity contribution >= 4 is 12.0 Å². The van der Waals surface area contributed by atoms with E-state index in [1.54, 1.807) is 0 Å². The quantitative estimate of drug-likeness (QED) is 0.814. The summed E-state index contributed by atoms with van der Waals surface area (Å²) in [6, 6.07) is 10.0. The van der Waals surface area contributed by atoms with Crippen molar-refractivity contribution in [2.45, 2.75) is 44.8 Å². The molecule has 2 amide bonds. The number of alkyl halides is 3. The standard InChI is InChI=1S/C19H25F3N2O3/c1-14(7-8-15-5-3-2-4-6-15)23-17(25)16-9-11-24(12-10-16)18(26)27-13-19(20,21)22/h2-6,14,16H,7-13H2,1H3,(H,23,25). The molecule has 150 valence electrons. The zero-order valence-electron chi connectivity index (χ0n) is 15.3. The van der Waals surface area contributed by atoms with Gasteiger partial charge in [0.2, 0.25) is 5.91 Å². The Morgan fingerprint density at radius 3 is 2.44 bits per heavy atom. The van der Waals surface area contributed by atoms with Gasteiger partial charge in [-0.3, -0.25) is 4.79 Å². The van der Waals surface area contributed by atoms with Gasteiger partial charge in [0.15, 0.2) is 6.61 Å². The first-order valence-corrected chi connectivity index (χ1v) is 9.07. The maximum Gasteiger partial charge on any atom is 0.422 e. The highest BCUT2D eigenvalue weighted by Gasteiger charge is 2.33. The molecule has 1 fully saturated rings. The van der Waals surface area contributed by atoms with Crippen LogP contribution < -0.4 is 5.32 Å². The highest BCUT2D eigenvalue weighted by molar-refractivity contribution is 5.79. The van der Waals surface area contributed by atoms with Crippen LogP contribution in [0.25, 0.3) is 0 Å². The fourth-order valence-electron chi connectivity index (χ4n) is 3.02. The minimum absolute atomic E-state index is 0.0208. The summed E-state index contributed by atoms with van der Waals surface area (Å²) in [5, 5.41) is 2.99. The Bertz CT molecular complexity index is 614. The number of halogens is 3. The maximum atomic E-state index is 12.4. The average Bonchev–Trinajstić information content (AvgIpc) is 2.65. The number of benzene rings is 1. The first kappa shape index (κ1) is 21.1. The molecule has 0 aromatic heterocycles. The van der Waals surface area contributed by atoms with Gasteiger partial charge in [-0.2, -0.15) is 13.2 Å². The molecule has 2 rings (SSSR count). The summed E-state index contributed by atoms with van der Waals surface area (Å²) >= 11 is 0. The maximum absolute atomic E-state index is 12.4. The van der Waals surface area contributed by atoms with Gasteiger partial charge < -0.3 is 15.0 Å². The Kier molecular flexibility index (Phi) is 7.50. The molecule has 1 atom stereocenters. The normalized spacial score (nSPS) is 16.7. The van der Waals surface area contributed by atoms with Crippen molar-refractivity contribution < 1.29 is 27.5 Å². The fraction of sp³-hybridized carbons (Fsp3) is 0.579. The van der Waals surface area contributed by atoms with E-state index in [1.165, 1.54) is 10.5 Å². The Labute approximate surface area is 156 Å². The molecule has 27 heavy (non-hydrogen) atoms. The van der Waals surface area contributed by atoms with Gasteiger partial charge in [0.1, 0.15) is 0 Å². The monoisotopic (exact) mass is 386 g/mol. The fourth-order valence-corrected chi connectivity index (χ4v) is 3.02. The Morgan fingerprint density at radius 1 is 1.22 bits per heavy atom. The molecule has 0 aliphatic carbocycles. The number of rotatable bonds is 6. The van der Waals surface area contributed by atoms with Crippen molar-refractivity contribution in [3.05, 3.63) is 35.9 Å². The highest BCUT2D eigenvalue weighted by Crippen LogP contribution is 2.20. The van der Waals surface area contributed by atoms with Gasteiger partial charge in [0.05, 0.1) is 0 Å². The summed E-state index contributed by atoms with van der Waals surface area (Å²) in [6.07, 6.45) is -3.01. The second kappa shape index (κ2) is 9.62. The summed E-state index contributed by atoms with van der Waals surface area (Å²) in [6.45, 7) is 0.788. The van der Waals surface area contributed by atoms with Gasteiger partial charge >= 0.3 is 12.3 Å². The molecule has 1 unspecified atom stereocenters. The van der Waals surface area contributed by atoms with E-state index in [1.807, 2.05) is 37.3 Å². The van der Waals surface area contributed by atoms with Crippen molar-refractivity contribution in [3.8, 4) is 0 Å². The Morgan fingerprint density at radius 2 is 1.85 bits per heavy atom. The number of hydrogen-bond donors (Lipinski definition) is 1. The van der Waals surface area contributed by atoms with Crippen molar-refractivity contribution in [2.24, 2.45) is 5.92 Å². The third-order valence-corrected chi connectivity index (χ3v) is 4.58. The van der Waals surface area contributed by atoms with Crippen LogP contribution in [-0.2, 0) is 16.0 Å². The third kappa shape index (κ3) is 7.48. The second-order valence-corrected chi connectivity index (χ2v) is 6.86. The third-order valence-electron chi connectivity index (χ3n) is 4.58. The Balaban J connectivity index is 1.69. The van der Waals surface area contributed by atoms with Crippen molar-refractivity contribution in [2.75, 3.05) is 19.7 Å². The minimum Gasteiger partial charge on any atom is -0.440 e. The van der Waals surface area contributed by atoms with Crippen LogP contribution >= 0.6 is 0 Å². The molecular weight excluding hydrogens is 361 g/mol. The van der Waals surface area contributed by atoms with Crippen LogP contribution in [0.5, 0.6) is 0 Å². The molecular formula is C19H25F3N2O3. The molecule has 1 heterocycles. The van der Waals surface area contributed by atoms with Crippen LogP contribution in [0.2, 0.25) is 0 Å². The molecule has 0 spiro atoms. The largest absolute Gasteiger partial charge is 0.440 e. The van der Waals surface area contributed by atoms with Crippen LogP contribution in [-0.4, -0.2) is 48.8 Å². The lowest BCUT2D eigenvalue weighted by Gasteiger charge is -2.31. The summed E-state index contributed by atoms with van der Waals surface area (Å²) in [4.78, 5) is 25.2. The van der Waals surface area contributed by atoms with E-state index >= 15 is 0 Å². The summed E-state index contributed by atoms with van der Waals surface area (Å²) in [5.74, 6) is -0.310. The molecule has 0 radical (unpaired) electrons. The number of piperidine rings is 1. The number of carbonyl (C=O) groups excluding carboxylic acids is 2. The van der Waals surface area contributed by atoms with E-state index < -0.39 is 18.9 Å². The van der Waals surface area contributed by atoms with Crippen LogP contribution in [0, 0.1) is 5.92 Å². The minimum atomic E-state index is -4.54. The van der Waals surface area contributed by atoms with Gasteiger partial charge in [-0.1, -0.05) is 30.3 Å². The summed E-state index contributed by atoms with van der Waals surface area (Å²) in [5.41, 5.74) is 1.21. The molecule has 1 aliphatic heterocycles. The van der Waals surface area contributed by atoms with Gasteiger partial charge in [-0.15, -0.1) is 0 Å². The van der Waals surface area contributed by atoms with Crippen LogP contribution in [0.4, 0.5) is 18.0 Å². The molecule has 8 heteroatoms. The summed E-state index contributed by atoms with van der Waals surface area (Å²) < 4.78 is 40.5. The molecule has 0 saturated carbocycles. The van der Waals surface area contributed by atoms with Crippen molar-refractivity contribution in [3.63, 3.8) is 0 Å². The zero-order valence-corrected chi connectivity index (χ0v) is 15.3. The number of aryl methyl sites for hydroxylation is 1. The molecule has 1 aliphatic rings. The number of carbonyl (C=O) groups is 2. The lowest BCUT2D eigenvalue weighted by Crippen LogP contribution is -2.45. The molecule has 0 bridgehead atoms.